The maximum absolute atomic E-state index is 11.2. The lowest BCUT2D eigenvalue weighted by Gasteiger charge is -2.05. The van der Waals surface area contributed by atoms with Crippen LogP contribution in [0.4, 0.5) is 5.69 Å². The highest BCUT2D eigenvalue weighted by atomic mass is 16.6. The van der Waals surface area contributed by atoms with Gasteiger partial charge in [0.05, 0.1) is 4.92 Å². The zero-order valence-corrected chi connectivity index (χ0v) is 13.8. The number of nitrogens with one attached hydrogen (secondary N) is 1. The molecule has 3 heterocycles. The van der Waals surface area contributed by atoms with Crippen molar-refractivity contribution in [1.82, 2.24) is 24.8 Å². The minimum atomic E-state index is -0.389. The molecular weight excluding hydrogens is 324 g/mol. The van der Waals surface area contributed by atoms with Crippen LogP contribution in [0.5, 0.6) is 0 Å². The fourth-order valence-electron chi connectivity index (χ4n) is 2.81. The summed E-state index contributed by atoms with van der Waals surface area (Å²) in [4.78, 5) is 15.1. The van der Waals surface area contributed by atoms with Gasteiger partial charge in [0, 0.05) is 17.2 Å². The molecule has 9 heteroatoms. The van der Waals surface area contributed by atoms with Crippen LogP contribution in [-0.4, -0.2) is 29.7 Å². The maximum Gasteiger partial charge on any atom is 0.273 e. The Bertz CT molecular complexity index is 1120. The molecule has 0 aliphatic heterocycles. The van der Waals surface area contributed by atoms with Crippen LogP contribution in [0, 0.1) is 30.9 Å². The SMILES string of the molecule is Cc1cc(C)c([N+](=O)[O-])cc1-c1ccc(-c2nc3nnc(C)n3[nH]2)o1. The van der Waals surface area contributed by atoms with Crippen molar-refractivity contribution in [1.29, 1.82) is 0 Å². The number of fused-ring (bicyclic) bond motifs is 1. The molecule has 25 heavy (non-hydrogen) atoms. The third kappa shape index (κ3) is 2.36. The zero-order chi connectivity index (χ0) is 17.7. The summed E-state index contributed by atoms with van der Waals surface area (Å²) in [6, 6.07) is 6.86. The van der Waals surface area contributed by atoms with Gasteiger partial charge in [-0.2, -0.15) is 4.98 Å². The number of furan rings is 1. The fourth-order valence-corrected chi connectivity index (χ4v) is 2.81. The number of aromatic amines is 1. The van der Waals surface area contributed by atoms with Gasteiger partial charge in [0.25, 0.3) is 11.5 Å². The average molecular weight is 338 g/mol. The lowest BCUT2D eigenvalue weighted by atomic mass is 10.0. The van der Waals surface area contributed by atoms with E-state index in [4.69, 9.17) is 4.42 Å². The van der Waals surface area contributed by atoms with Crippen molar-refractivity contribution in [2.24, 2.45) is 0 Å². The minimum absolute atomic E-state index is 0.0664. The molecule has 9 nitrogen and oxygen atoms in total. The number of hydrogen-bond donors (Lipinski definition) is 1. The number of nitro benzene ring substituents is 1. The summed E-state index contributed by atoms with van der Waals surface area (Å²) in [5, 5.41) is 22.1. The number of rotatable bonds is 3. The first-order valence-corrected chi connectivity index (χ1v) is 7.58. The highest BCUT2D eigenvalue weighted by Crippen LogP contribution is 2.33. The van der Waals surface area contributed by atoms with Crippen molar-refractivity contribution < 1.29 is 9.34 Å². The molecule has 0 amide bonds. The summed E-state index contributed by atoms with van der Waals surface area (Å²) in [6.07, 6.45) is 0. The van der Waals surface area contributed by atoms with Gasteiger partial charge >= 0.3 is 0 Å². The largest absolute Gasteiger partial charge is 0.453 e. The van der Waals surface area contributed by atoms with Crippen molar-refractivity contribution in [2.45, 2.75) is 20.8 Å². The smallest absolute Gasteiger partial charge is 0.273 e. The van der Waals surface area contributed by atoms with Gasteiger partial charge in [0.15, 0.2) is 17.4 Å². The van der Waals surface area contributed by atoms with Crippen LogP contribution < -0.4 is 0 Å². The molecule has 0 unspecified atom stereocenters. The topological polar surface area (TPSA) is 115 Å². The Morgan fingerprint density at radius 2 is 1.88 bits per heavy atom. The Morgan fingerprint density at radius 3 is 2.60 bits per heavy atom. The van der Waals surface area contributed by atoms with Gasteiger partial charge < -0.3 is 4.42 Å². The van der Waals surface area contributed by atoms with Gasteiger partial charge in [-0.15, -0.1) is 10.2 Å². The first-order chi connectivity index (χ1) is 11.9. The third-order valence-electron chi connectivity index (χ3n) is 4.08. The zero-order valence-electron chi connectivity index (χ0n) is 13.8. The summed E-state index contributed by atoms with van der Waals surface area (Å²) >= 11 is 0. The Kier molecular flexibility index (Phi) is 3.17. The molecule has 0 aliphatic carbocycles. The standard InChI is InChI=1S/C16H14N6O3/c1-8-6-9(2)12(22(23)24)7-11(8)13-4-5-14(25-13)15-17-16-19-18-10(3)21(16)20-15/h4-7H,1-3H3,(H,17,19,20). The van der Waals surface area contributed by atoms with Gasteiger partial charge in [0.2, 0.25) is 0 Å². The quantitative estimate of drug-likeness (QED) is 0.453. The van der Waals surface area contributed by atoms with Crippen LogP contribution in [0.25, 0.3) is 28.7 Å². The summed E-state index contributed by atoms with van der Waals surface area (Å²) in [7, 11) is 0. The molecule has 4 aromatic rings. The second kappa shape index (κ2) is 5.26. The lowest BCUT2D eigenvalue weighted by Crippen LogP contribution is -1.94. The summed E-state index contributed by atoms with van der Waals surface area (Å²) < 4.78 is 7.52. The van der Waals surface area contributed by atoms with E-state index in [9.17, 15) is 10.1 Å². The second-order valence-corrected chi connectivity index (χ2v) is 5.83. The predicted molar refractivity (Wildman–Crippen MR) is 89.1 cm³/mol. The first kappa shape index (κ1) is 15.1. The maximum atomic E-state index is 11.2. The molecule has 0 atom stereocenters. The highest BCUT2D eigenvalue weighted by molar-refractivity contribution is 5.69. The Hall–Kier alpha value is -3.49. The van der Waals surface area contributed by atoms with E-state index in [2.05, 4.69) is 20.3 Å². The Morgan fingerprint density at radius 1 is 1.12 bits per heavy atom. The molecule has 4 rings (SSSR count). The number of nitro groups is 1. The summed E-state index contributed by atoms with van der Waals surface area (Å²) in [5.74, 6) is 2.71. The molecule has 0 saturated carbocycles. The number of aromatic nitrogens is 5. The third-order valence-corrected chi connectivity index (χ3v) is 4.08. The van der Waals surface area contributed by atoms with E-state index >= 15 is 0 Å². The molecule has 0 spiro atoms. The van der Waals surface area contributed by atoms with Crippen LogP contribution in [0.3, 0.4) is 0 Å². The van der Waals surface area contributed by atoms with Crippen LogP contribution in [-0.2, 0) is 0 Å². The van der Waals surface area contributed by atoms with Crippen molar-refractivity contribution in [3.8, 4) is 22.9 Å². The molecule has 0 bridgehead atoms. The van der Waals surface area contributed by atoms with E-state index in [1.165, 1.54) is 6.07 Å². The number of aryl methyl sites for hydroxylation is 3. The molecule has 3 aromatic heterocycles. The Balaban J connectivity index is 1.78. The number of H-pyrrole nitrogens is 1. The Labute approximate surface area is 141 Å². The van der Waals surface area contributed by atoms with E-state index in [0.717, 1.165) is 5.56 Å². The average Bonchev–Trinajstić information content (AvgIpc) is 3.24. The molecule has 126 valence electrons. The molecule has 1 aromatic carbocycles. The summed E-state index contributed by atoms with van der Waals surface area (Å²) in [5.41, 5.74) is 2.26. The van der Waals surface area contributed by atoms with Crippen molar-refractivity contribution in [2.75, 3.05) is 0 Å². The van der Waals surface area contributed by atoms with Crippen LogP contribution in [0.15, 0.2) is 28.7 Å². The van der Waals surface area contributed by atoms with E-state index in [0.29, 0.717) is 40.1 Å². The molecule has 0 radical (unpaired) electrons. The van der Waals surface area contributed by atoms with Gasteiger partial charge in [-0.05, 0) is 44.5 Å². The first-order valence-electron chi connectivity index (χ1n) is 7.58. The van der Waals surface area contributed by atoms with Crippen LogP contribution >= 0.6 is 0 Å². The van der Waals surface area contributed by atoms with E-state index in [-0.39, 0.29) is 10.6 Å². The second-order valence-electron chi connectivity index (χ2n) is 5.83. The predicted octanol–water partition coefficient (Wildman–Crippen LogP) is 3.21. The normalized spacial score (nSPS) is 11.3. The number of nitrogens with zero attached hydrogens (tertiary/aromatic N) is 5. The number of hydrogen-bond acceptors (Lipinski definition) is 6. The molecule has 1 N–H and O–H groups in total. The minimum Gasteiger partial charge on any atom is -0.453 e. The van der Waals surface area contributed by atoms with Gasteiger partial charge in [-0.3, -0.25) is 15.2 Å². The molecular formula is C16H14N6O3. The van der Waals surface area contributed by atoms with Gasteiger partial charge in [-0.1, -0.05) is 0 Å². The summed E-state index contributed by atoms with van der Waals surface area (Å²) in [6.45, 7) is 5.42. The monoisotopic (exact) mass is 338 g/mol. The molecule has 0 fully saturated rings. The molecule has 0 aliphatic rings. The van der Waals surface area contributed by atoms with Crippen molar-refractivity contribution in [3.63, 3.8) is 0 Å². The van der Waals surface area contributed by atoms with Crippen LogP contribution in [0.1, 0.15) is 17.0 Å². The van der Waals surface area contributed by atoms with Crippen molar-refractivity contribution >= 4 is 11.5 Å². The number of benzene rings is 1. The van der Waals surface area contributed by atoms with E-state index < -0.39 is 0 Å². The van der Waals surface area contributed by atoms with Crippen LogP contribution in [0.2, 0.25) is 0 Å². The lowest BCUT2D eigenvalue weighted by molar-refractivity contribution is -0.385. The van der Waals surface area contributed by atoms with Gasteiger partial charge in [-0.25, -0.2) is 4.52 Å². The van der Waals surface area contributed by atoms with Gasteiger partial charge in [0.1, 0.15) is 5.76 Å². The fraction of sp³-hybridized carbons (Fsp3) is 0.188. The van der Waals surface area contributed by atoms with Crippen molar-refractivity contribution in [3.05, 3.63) is 51.3 Å². The highest BCUT2D eigenvalue weighted by Gasteiger charge is 2.18. The van der Waals surface area contributed by atoms with E-state index in [1.807, 2.05) is 13.8 Å². The molecule has 0 saturated heterocycles. The van der Waals surface area contributed by atoms with E-state index in [1.54, 1.807) is 29.6 Å².